The first-order chi connectivity index (χ1) is 8.90. The Hall–Kier alpha value is -1.11. The number of nitrogens with zero attached hydrogens (tertiary/aromatic N) is 1. The molecule has 0 N–H and O–H groups in total. The van der Waals surface area contributed by atoms with Crippen LogP contribution in [-0.2, 0) is 0 Å². The average molecular weight is 261 g/mol. The van der Waals surface area contributed by atoms with Crippen molar-refractivity contribution in [2.75, 3.05) is 7.05 Å². The first kappa shape index (κ1) is 17.9. The van der Waals surface area contributed by atoms with Gasteiger partial charge in [0, 0.05) is 12.8 Å². The lowest BCUT2D eigenvalue weighted by molar-refractivity contribution is 0.768. The van der Waals surface area contributed by atoms with E-state index in [9.17, 15) is 0 Å². The second-order valence-electron chi connectivity index (χ2n) is 5.64. The van der Waals surface area contributed by atoms with Gasteiger partial charge in [0.15, 0.2) is 0 Å². The second-order valence-corrected chi connectivity index (χ2v) is 5.64. The molecule has 1 nitrogen and oxygen atoms in total. The molecule has 0 saturated heterocycles. The van der Waals surface area contributed by atoms with E-state index >= 15 is 0 Å². The normalized spacial score (nSPS) is 15.4. The van der Waals surface area contributed by atoms with Crippen molar-refractivity contribution >= 4 is 5.71 Å². The van der Waals surface area contributed by atoms with Gasteiger partial charge in [-0.25, -0.2) is 0 Å². The van der Waals surface area contributed by atoms with E-state index in [0.717, 1.165) is 6.42 Å². The summed E-state index contributed by atoms with van der Waals surface area (Å²) >= 11 is 0. The van der Waals surface area contributed by atoms with Crippen LogP contribution in [0.4, 0.5) is 0 Å². The SMILES string of the molecule is CCCCC(/C=C(C)/C=C(C)\C=C(/C)C(C)C)=NC. The second kappa shape index (κ2) is 9.77. The minimum atomic E-state index is 0.616. The lowest BCUT2D eigenvalue weighted by Gasteiger charge is -2.05. The molecule has 0 saturated carbocycles. The van der Waals surface area contributed by atoms with Crippen molar-refractivity contribution in [3.05, 3.63) is 34.9 Å². The van der Waals surface area contributed by atoms with Crippen molar-refractivity contribution in [3.8, 4) is 0 Å². The highest BCUT2D eigenvalue weighted by Crippen LogP contribution is 2.13. The molecule has 0 aromatic carbocycles. The number of rotatable bonds is 7. The van der Waals surface area contributed by atoms with Gasteiger partial charge in [-0.1, -0.05) is 50.5 Å². The van der Waals surface area contributed by atoms with E-state index in [0.29, 0.717) is 5.92 Å². The lowest BCUT2D eigenvalue weighted by atomic mass is 10.0. The zero-order valence-corrected chi connectivity index (χ0v) is 13.9. The number of hydrogen-bond acceptors (Lipinski definition) is 1. The molecule has 0 spiro atoms. The minimum Gasteiger partial charge on any atom is -0.293 e. The van der Waals surface area contributed by atoms with Crippen LogP contribution < -0.4 is 0 Å². The van der Waals surface area contributed by atoms with Crippen molar-refractivity contribution in [3.63, 3.8) is 0 Å². The molecule has 0 unspecified atom stereocenters. The Labute approximate surface area is 120 Å². The maximum absolute atomic E-state index is 4.36. The predicted octanol–water partition coefficient (Wildman–Crippen LogP) is 5.74. The number of aliphatic imine (C=N–C) groups is 1. The Bertz CT molecular complexity index is 378. The van der Waals surface area contributed by atoms with Crippen molar-refractivity contribution in [2.24, 2.45) is 10.9 Å². The van der Waals surface area contributed by atoms with Crippen LogP contribution in [0, 0.1) is 5.92 Å². The van der Waals surface area contributed by atoms with Gasteiger partial charge in [0.1, 0.15) is 0 Å². The van der Waals surface area contributed by atoms with E-state index in [4.69, 9.17) is 0 Å². The molecule has 0 radical (unpaired) electrons. The van der Waals surface area contributed by atoms with Crippen LogP contribution in [0.1, 0.15) is 60.8 Å². The Morgan fingerprint density at radius 1 is 1.00 bits per heavy atom. The zero-order chi connectivity index (χ0) is 14.8. The standard InChI is InChI=1S/C18H31N/c1-8-9-10-18(19-7)13-16(5)11-15(4)12-17(6)14(2)3/h11-14H,8-10H2,1-7H3/b15-11-,16-13+,17-12+,19-18?. The van der Waals surface area contributed by atoms with Gasteiger partial charge < -0.3 is 0 Å². The van der Waals surface area contributed by atoms with Gasteiger partial charge in [-0.05, 0) is 51.2 Å². The van der Waals surface area contributed by atoms with E-state index < -0.39 is 0 Å². The maximum Gasteiger partial charge on any atom is 0.0347 e. The topological polar surface area (TPSA) is 12.4 Å². The number of hydrogen-bond donors (Lipinski definition) is 0. The van der Waals surface area contributed by atoms with Gasteiger partial charge >= 0.3 is 0 Å². The number of allylic oxidation sites excluding steroid dienone is 6. The predicted molar refractivity (Wildman–Crippen MR) is 89.0 cm³/mol. The molecule has 0 aliphatic rings. The van der Waals surface area contributed by atoms with Gasteiger partial charge in [0.25, 0.3) is 0 Å². The summed E-state index contributed by atoms with van der Waals surface area (Å²) in [6, 6.07) is 0. The summed E-state index contributed by atoms with van der Waals surface area (Å²) in [5.41, 5.74) is 5.22. The molecular formula is C18H31N. The molecule has 0 fully saturated rings. The van der Waals surface area contributed by atoms with Crippen molar-refractivity contribution in [1.29, 1.82) is 0 Å². The minimum absolute atomic E-state index is 0.616. The van der Waals surface area contributed by atoms with Gasteiger partial charge in [-0.2, -0.15) is 0 Å². The molecule has 108 valence electrons. The molecule has 0 bridgehead atoms. The third kappa shape index (κ3) is 8.58. The molecule has 0 heterocycles. The summed E-state index contributed by atoms with van der Waals surface area (Å²) < 4.78 is 0. The van der Waals surface area contributed by atoms with Crippen LogP contribution in [0.5, 0.6) is 0 Å². The third-order valence-electron chi connectivity index (χ3n) is 3.29. The fourth-order valence-electron chi connectivity index (χ4n) is 1.84. The van der Waals surface area contributed by atoms with Crippen LogP contribution in [0.2, 0.25) is 0 Å². The summed E-state index contributed by atoms with van der Waals surface area (Å²) in [7, 11) is 1.88. The van der Waals surface area contributed by atoms with E-state index in [1.165, 1.54) is 35.3 Å². The van der Waals surface area contributed by atoms with Crippen LogP contribution in [-0.4, -0.2) is 12.8 Å². The van der Waals surface area contributed by atoms with Gasteiger partial charge in [-0.3, -0.25) is 4.99 Å². The Morgan fingerprint density at radius 2 is 1.58 bits per heavy atom. The van der Waals surface area contributed by atoms with Crippen molar-refractivity contribution < 1.29 is 0 Å². The van der Waals surface area contributed by atoms with Crippen LogP contribution in [0.15, 0.2) is 39.9 Å². The van der Waals surface area contributed by atoms with E-state index in [1.54, 1.807) is 0 Å². The Balaban J connectivity index is 4.82. The van der Waals surface area contributed by atoms with E-state index in [2.05, 4.69) is 64.8 Å². The smallest absolute Gasteiger partial charge is 0.0347 e. The summed E-state index contributed by atoms with van der Waals surface area (Å²) in [6.07, 6.45) is 10.2. The molecule has 1 heteroatoms. The van der Waals surface area contributed by atoms with Gasteiger partial charge in [0.2, 0.25) is 0 Å². The molecule has 0 atom stereocenters. The molecule has 0 aromatic rings. The molecule has 0 aromatic heterocycles. The van der Waals surface area contributed by atoms with Crippen LogP contribution in [0.25, 0.3) is 0 Å². The Morgan fingerprint density at radius 3 is 2.05 bits per heavy atom. The first-order valence-corrected chi connectivity index (χ1v) is 7.41. The molecular weight excluding hydrogens is 230 g/mol. The van der Waals surface area contributed by atoms with Crippen LogP contribution >= 0.6 is 0 Å². The van der Waals surface area contributed by atoms with E-state index in [-0.39, 0.29) is 0 Å². The molecule has 0 aliphatic heterocycles. The Kier molecular flexibility index (Phi) is 9.20. The monoisotopic (exact) mass is 261 g/mol. The highest BCUT2D eigenvalue weighted by atomic mass is 14.7. The quantitative estimate of drug-likeness (QED) is 0.409. The van der Waals surface area contributed by atoms with E-state index in [1.807, 2.05) is 7.05 Å². The fraction of sp³-hybridized carbons (Fsp3) is 0.611. The fourth-order valence-corrected chi connectivity index (χ4v) is 1.84. The van der Waals surface area contributed by atoms with Gasteiger partial charge in [0.05, 0.1) is 0 Å². The average Bonchev–Trinajstić information content (AvgIpc) is 2.33. The lowest BCUT2D eigenvalue weighted by Crippen LogP contribution is -1.94. The number of unbranched alkanes of at least 4 members (excludes halogenated alkanes) is 1. The highest BCUT2D eigenvalue weighted by molar-refractivity contribution is 5.95. The first-order valence-electron chi connectivity index (χ1n) is 7.41. The van der Waals surface area contributed by atoms with Crippen molar-refractivity contribution in [2.45, 2.75) is 60.8 Å². The molecule has 0 amide bonds. The maximum atomic E-state index is 4.36. The molecule has 19 heavy (non-hydrogen) atoms. The summed E-state index contributed by atoms with van der Waals surface area (Å²) in [4.78, 5) is 4.36. The summed E-state index contributed by atoms with van der Waals surface area (Å²) in [5, 5.41) is 0. The highest BCUT2D eigenvalue weighted by Gasteiger charge is 1.97. The summed E-state index contributed by atoms with van der Waals surface area (Å²) in [5.74, 6) is 0.616. The largest absolute Gasteiger partial charge is 0.293 e. The van der Waals surface area contributed by atoms with Crippen LogP contribution in [0.3, 0.4) is 0 Å². The summed E-state index contributed by atoms with van der Waals surface area (Å²) in [6.45, 7) is 13.2. The molecule has 0 rings (SSSR count). The third-order valence-corrected chi connectivity index (χ3v) is 3.29. The van der Waals surface area contributed by atoms with Crippen molar-refractivity contribution in [1.82, 2.24) is 0 Å². The van der Waals surface area contributed by atoms with Gasteiger partial charge in [-0.15, -0.1) is 0 Å². The molecule has 0 aliphatic carbocycles. The zero-order valence-electron chi connectivity index (χ0n) is 13.9.